The first-order valence-electron chi connectivity index (χ1n) is 13.4. The molecule has 8 heteroatoms. The summed E-state index contributed by atoms with van der Waals surface area (Å²) in [6, 6.07) is 0. The summed E-state index contributed by atoms with van der Waals surface area (Å²) in [5.41, 5.74) is -2.36. The highest BCUT2D eigenvalue weighted by Gasteiger charge is 2.70. The van der Waals surface area contributed by atoms with Crippen molar-refractivity contribution >= 4 is 35.1 Å². The first kappa shape index (κ1) is 27.8. The number of hydrogen-bond acceptors (Lipinski definition) is 7. The SMILES string of the molecule is CCCC(=O)OCC(=O)[C@@]1(OC(=O)CCC)CC[C@H]2[C@@H]3C=C(Cl)C4=CC(=O)C=C[C@]4(C)[C@H]3[C@@H](O)C[C@@]21C. The van der Waals surface area contributed by atoms with Crippen molar-refractivity contribution in [2.24, 2.45) is 28.6 Å². The van der Waals surface area contributed by atoms with Crippen molar-refractivity contribution in [2.45, 2.75) is 84.3 Å². The molecule has 0 bridgehead atoms. The van der Waals surface area contributed by atoms with Gasteiger partial charge in [0.05, 0.1) is 6.10 Å². The van der Waals surface area contributed by atoms with Crippen LogP contribution in [0.1, 0.15) is 72.6 Å². The fourth-order valence-corrected chi connectivity index (χ4v) is 7.92. The second kappa shape index (κ2) is 10.1. The van der Waals surface area contributed by atoms with Crippen molar-refractivity contribution < 1.29 is 33.8 Å². The van der Waals surface area contributed by atoms with Crippen LogP contribution in [0.4, 0.5) is 0 Å². The lowest BCUT2D eigenvalue weighted by Gasteiger charge is -2.58. The Balaban J connectivity index is 1.75. The van der Waals surface area contributed by atoms with E-state index in [0.29, 0.717) is 29.9 Å². The Kier molecular flexibility index (Phi) is 7.61. The summed E-state index contributed by atoms with van der Waals surface area (Å²) in [5, 5.41) is 12.1. The van der Waals surface area contributed by atoms with Crippen LogP contribution in [0, 0.1) is 28.6 Å². The Morgan fingerprint density at radius 2 is 1.81 bits per heavy atom. The maximum atomic E-state index is 13.8. The standard InChI is InChI=1S/C29H37ClO7/c1-5-7-24(34)36-16-23(33)29(37-25(35)8-6-2)12-10-19-18-14-21(30)20-13-17(31)9-11-27(20,3)26(18)22(32)15-28(19,29)4/h9,11,13-14,18-19,22,26,32H,5-8,10,12,15-16H2,1-4H3/t18-,19-,22-,26+,27-,28-,29-/m0/s1. The maximum absolute atomic E-state index is 13.8. The molecule has 7 nitrogen and oxygen atoms in total. The number of aliphatic hydroxyl groups excluding tert-OH is 1. The van der Waals surface area contributed by atoms with Crippen molar-refractivity contribution in [3.05, 3.63) is 34.9 Å². The molecule has 2 fully saturated rings. The van der Waals surface area contributed by atoms with Crippen LogP contribution in [0.3, 0.4) is 0 Å². The second-order valence-electron chi connectivity index (χ2n) is 11.4. The molecule has 37 heavy (non-hydrogen) atoms. The van der Waals surface area contributed by atoms with Crippen molar-refractivity contribution in [1.82, 2.24) is 0 Å². The highest BCUT2D eigenvalue weighted by molar-refractivity contribution is 6.32. The molecule has 0 aliphatic heterocycles. The molecule has 0 aromatic carbocycles. The lowest BCUT2D eigenvalue weighted by molar-refractivity contribution is -0.197. The smallest absolute Gasteiger partial charge is 0.306 e. The van der Waals surface area contributed by atoms with Gasteiger partial charge in [0.2, 0.25) is 5.78 Å². The third-order valence-electron chi connectivity index (χ3n) is 9.24. The molecule has 0 aromatic heterocycles. The van der Waals surface area contributed by atoms with Crippen LogP contribution in [0.15, 0.2) is 34.9 Å². The average molecular weight is 533 g/mol. The van der Waals surface area contributed by atoms with Gasteiger partial charge in [-0.3, -0.25) is 19.2 Å². The number of fused-ring (bicyclic) bond motifs is 5. The fraction of sp³-hybridized carbons (Fsp3) is 0.655. The average Bonchev–Trinajstić information content (AvgIpc) is 3.11. The zero-order valence-electron chi connectivity index (χ0n) is 22.1. The highest BCUT2D eigenvalue weighted by Crippen LogP contribution is 2.67. The predicted octanol–water partition coefficient (Wildman–Crippen LogP) is 4.60. The fourth-order valence-electron chi connectivity index (χ4n) is 7.52. The van der Waals surface area contributed by atoms with Gasteiger partial charge in [-0.2, -0.15) is 0 Å². The zero-order valence-corrected chi connectivity index (χ0v) is 22.8. The number of Topliss-reactive ketones (excluding diaryl/α,β-unsaturated/α-hetero) is 1. The largest absolute Gasteiger partial charge is 0.457 e. The van der Waals surface area contributed by atoms with Crippen LogP contribution in [-0.2, 0) is 28.7 Å². The molecule has 0 heterocycles. The predicted molar refractivity (Wildman–Crippen MR) is 137 cm³/mol. The van der Waals surface area contributed by atoms with Gasteiger partial charge in [0.15, 0.2) is 18.0 Å². The first-order valence-corrected chi connectivity index (χ1v) is 13.7. The van der Waals surface area contributed by atoms with Crippen LogP contribution < -0.4 is 0 Å². The minimum Gasteiger partial charge on any atom is -0.457 e. The van der Waals surface area contributed by atoms with E-state index in [1.807, 2.05) is 39.8 Å². The monoisotopic (exact) mass is 532 g/mol. The molecule has 0 unspecified atom stereocenters. The topological polar surface area (TPSA) is 107 Å². The van der Waals surface area contributed by atoms with E-state index in [0.717, 1.165) is 0 Å². The van der Waals surface area contributed by atoms with Gasteiger partial charge in [-0.1, -0.05) is 51.4 Å². The van der Waals surface area contributed by atoms with Gasteiger partial charge in [0.25, 0.3) is 0 Å². The molecule has 4 rings (SSSR count). The summed E-state index contributed by atoms with van der Waals surface area (Å²) >= 11 is 6.74. The molecule has 0 amide bonds. The van der Waals surface area contributed by atoms with E-state index in [-0.39, 0.29) is 49.2 Å². The van der Waals surface area contributed by atoms with Crippen LogP contribution in [0.25, 0.3) is 0 Å². The minimum absolute atomic E-state index is 0.122. The molecule has 2 saturated carbocycles. The summed E-state index contributed by atoms with van der Waals surface area (Å²) in [4.78, 5) is 50.8. The number of carbonyl (C=O) groups is 4. The molecule has 0 spiro atoms. The third kappa shape index (κ3) is 4.42. The summed E-state index contributed by atoms with van der Waals surface area (Å²) in [5.74, 6) is -2.12. The number of carbonyl (C=O) groups excluding carboxylic acids is 4. The van der Waals surface area contributed by atoms with E-state index >= 15 is 0 Å². The quantitative estimate of drug-likeness (QED) is 0.455. The normalized spacial score (nSPS) is 38.1. The van der Waals surface area contributed by atoms with Crippen molar-refractivity contribution in [3.8, 4) is 0 Å². The van der Waals surface area contributed by atoms with Gasteiger partial charge in [0.1, 0.15) is 0 Å². The molecule has 202 valence electrons. The van der Waals surface area contributed by atoms with Crippen LogP contribution in [-0.4, -0.2) is 46.9 Å². The Hall–Kier alpha value is -2.25. The van der Waals surface area contributed by atoms with Gasteiger partial charge in [-0.15, -0.1) is 0 Å². The van der Waals surface area contributed by atoms with E-state index in [1.165, 1.54) is 12.2 Å². The van der Waals surface area contributed by atoms with Gasteiger partial charge < -0.3 is 14.6 Å². The second-order valence-corrected chi connectivity index (χ2v) is 11.8. The van der Waals surface area contributed by atoms with E-state index in [4.69, 9.17) is 21.1 Å². The number of ketones is 2. The Morgan fingerprint density at radius 1 is 1.14 bits per heavy atom. The van der Waals surface area contributed by atoms with Crippen LogP contribution in [0.5, 0.6) is 0 Å². The number of aliphatic hydroxyl groups is 1. The van der Waals surface area contributed by atoms with Crippen molar-refractivity contribution in [2.75, 3.05) is 6.61 Å². The summed E-state index contributed by atoms with van der Waals surface area (Å²) in [6.45, 7) is 7.13. The summed E-state index contributed by atoms with van der Waals surface area (Å²) in [7, 11) is 0. The van der Waals surface area contributed by atoms with E-state index in [2.05, 4.69) is 0 Å². The van der Waals surface area contributed by atoms with Gasteiger partial charge in [0, 0.05) is 34.6 Å². The number of halogens is 1. The number of ether oxygens (including phenoxy) is 2. The first-order chi connectivity index (χ1) is 17.4. The molecular weight excluding hydrogens is 496 g/mol. The van der Waals surface area contributed by atoms with E-state index in [9.17, 15) is 24.3 Å². The van der Waals surface area contributed by atoms with Crippen LogP contribution in [0.2, 0.25) is 0 Å². The number of esters is 2. The highest BCUT2D eigenvalue weighted by atomic mass is 35.5. The lowest BCUT2D eigenvalue weighted by Crippen LogP contribution is -2.62. The van der Waals surface area contributed by atoms with Gasteiger partial charge in [-0.05, 0) is 61.7 Å². The Labute approximate surface area is 223 Å². The molecule has 0 aromatic rings. The molecule has 4 aliphatic rings. The van der Waals surface area contributed by atoms with Gasteiger partial charge >= 0.3 is 11.9 Å². The Morgan fingerprint density at radius 3 is 2.49 bits per heavy atom. The van der Waals surface area contributed by atoms with Crippen molar-refractivity contribution in [3.63, 3.8) is 0 Å². The summed E-state index contributed by atoms with van der Waals surface area (Å²) in [6.07, 6.45) is 8.58. The summed E-state index contributed by atoms with van der Waals surface area (Å²) < 4.78 is 11.3. The van der Waals surface area contributed by atoms with Gasteiger partial charge in [-0.25, -0.2) is 0 Å². The zero-order chi connectivity index (χ0) is 27.2. The van der Waals surface area contributed by atoms with Crippen LogP contribution >= 0.6 is 11.6 Å². The maximum Gasteiger partial charge on any atom is 0.306 e. The van der Waals surface area contributed by atoms with E-state index in [1.54, 1.807) is 0 Å². The number of rotatable bonds is 8. The molecule has 4 aliphatic carbocycles. The molecule has 0 radical (unpaired) electrons. The van der Waals surface area contributed by atoms with Crippen molar-refractivity contribution in [1.29, 1.82) is 0 Å². The minimum atomic E-state index is -1.52. The lowest BCUT2D eigenvalue weighted by atomic mass is 9.47. The molecular formula is C29H37ClO7. The Bertz CT molecular complexity index is 1090. The number of allylic oxidation sites excluding steroid dienone is 6. The third-order valence-corrected chi connectivity index (χ3v) is 9.57. The molecule has 0 saturated heterocycles. The van der Waals surface area contributed by atoms with E-state index < -0.39 is 46.9 Å². The number of hydrogen-bond donors (Lipinski definition) is 1. The molecule has 1 N–H and O–H groups in total. The molecule has 7 atom stereocenters.